The largest absolute Gasteiger partial charge is 0.481 e. The monoisotopic (exact) mass is 339 g/mol. The van der Waals surface area contributed by atoms with E-state index in [2.05, 4.69) is 0 Å². The summed E-state index contributed by atoms with van der Waals surface area (Å²) >= 11 is 0. The van der Waals surface area contributed by atoms with Gasteiger partial charge in [-0.25, -0.2) is 4.79 Å². The van der Waals surface area contributed by atoms with E-state index >= 15 is 0 Å². The predicted octanol–water partition coefficient (Wildman–Crippen LogP) is 3.12. The number of carboxylic acids is 1. The van der Waals surface area contributed by atoms with Crippen LogP contribution in [0.3, 0.4) is 0 Å². The van der Waals surface area contributed by atoms with Gasteiger partial charge in [0.1, 0.15) is 6.61 Å². The molecule has 0 aliphatic carbocycles. The Bertz CT molecular complexity index is 802. The van der Waals surface area contributed by atoms with Crippen molar-refractivity contribution in [3.8, 4) is 0 Å². The summed E-state index contributed by atoms with van der Waals surface area (Å²) in [5, 5.41) is 9.02. The van der Waals surface area contributed by atoms with E-state index < -0.39 is 18.0 Å². The minimum absolute atomic E-state index is 0.00420. The zero-order valence-electron chi connectivity index (χ0n) is 13.4. The Hall–Kier alpha value is -3.15. The van der Waals surface area contributed by atoms with Crippen molar-refractivity contribution in [3.63, 3.8) is 0 Å². The standard InChI is InChI=1S/C19H17NO5/c21-17(22)10-14-11-20(16-9-5-4-8-15(16)18(14)23)19(24)25-12-13-6-2-1-3-7-13/h1-9,14H,10-12H2,(H,21,22). The Labute approximate surface area is 144 Å². The van der Waals surface area contributed by atoms with Gasteiger partial charge in [0.05, 0.1) is 18.0 Å². The number of carbonyl (C=O) groups excluding carboxylic acids is 2. The molecule has 2 aromatic rings. The summed E-state index contributed by atoms with van der Waals surface area (Å²) in [6, 6.07) is 15.9. The van der Waals surface area contributed by atoms with Crippen molar-refractivity contribution in [1.82, 2.24) is 0 Å². The molecule has 1 atom stereocenters. The number of rotatable bonds is 4. The average Bonchev–Trinajstić information content (AvgIpc) is 2.62. The van der Waals surface area contributed by atoms with Crippen LogP contribution in [0.1, 0.15) is 22.3 Å². The molecule has 3 rings (SSSR count). The fourth-order valence-electron chi connectivity index (χ4n) is 2.88. The van der Waals surface area contributed by atoms with Crippen LogP contribution in [0.15, 0.2) is 54.6 Å². The molecule has 1 heterocycles. The minimum Gasteiger partial charge on any atom is -0.481 e. The molecule has 1 aliphatic heterocycles. The lowest BCUT2D eigenvalue weighted by Gasteiger charge is -2.32. The summed E-state index contributed by atoms with van der Waals surface area (Å²) in [4.78, 5) is 37.3. The fourth-order valence-corrected chi connectivity index (χ4v) is 2.88. The third-order valence-electron chi connectivity index (χ3n) is 4.08. The summed E-state index contributed by atoms with van der Waals surface area (Å²) < 4.78 is 5.34. The van der Waals surface area contributed by atoms with Crippen molar-refractivity contribution in [3.05, 3.63) is 65.7 Å². The van der Waals surface area contributed by atoms with Gasteiger partial charge in [-0.15, -0.1) is 0 Å². The molecule has 1 aliphatic rings. The van der Waals surface area contributed by atoms with Crippen LogP contribution in [0, 0.1) is 5.92 Å². The maximum absolute atomic E-state index is 12.5. The second kappa shape index (κ2) is 7.17. The first-order valence-electron chi connectivity index (χ1n) is 7.89. The van der Waals surface area contributed by atoms with E-state index in [1.54, 1.807) is 24.3 Å². The number of aliphatic carboxylic acids is 1. The number of ketones is 1. The van der Waals surface area contributed by atoms with Gasteiger partial charge in [-0.3, -0.25) is 14.5 Å². The van der Waals surface area contributed by atoms with Gasteiger partial charge in [0.2, 0.25) is 0 Å². The van der Waals surface area contributed by atoms with Crippen molar-refractivity contribution >= 4 is 23.5 Å². The number of carbonyl (C=O) groups is 3. The first-order chi connectivity index (χ1) is 12.1. The van der Waals surface area contributed by atoms with E-state index in [9.17, 15) is 14.4 Å². The predicted molar refractivity (Wildman–Crippen MR) is 90.5 cm³/mol. The summed E-state index contributed by atoms with van der Waals surface area (Å²) in [7, 11) is 0. The Kier molecular flexibility index (Phi) is 4.79. The molecule has 6 heteroatoms. The van der Waals surface area contributed by atoms with Gasteiger partial charge in [-0.2, -0.15) is 0 Å². The second-order valence-electron chi connectivity index (χ2n) is 5.83. The molecule has 2 aromatic carbocycles. The Morgan fingerprint density at radius 1 is 1.08 bits per heavy atom. The van der Waals surface area contributed by atoms with Gasteiger partial charge in [0.25, 0.3) is 0 Å². The van der Waals surface area contributed by atoms with E-state index in [4.69, 9.17) is 9.84 Å². The van der Waals surface area contributed by atoms with Gasteiger partial charge in [0, 0.05) is 12.1 Å². The molecular weight excluding hydrogens is 322 g/mol. The molecule has 1 amide bonds. The molecule has 1 unspecified atom stereocenters. The summed E-state index contributed by atoms with van der Waals surface area (Å²) in [6.45, 7) is 0.103. The fraction of sp³-hybridized carbons (Fsp3) is 0.211. The third kappa shape index (κ3) is 3.68. The maximum atomic E-state index is 12.5. The summed E-state index contributed by atoms with van der Waals surface area (Å²) in [5.74, 6) is -2.11. The van der Waals surface area contributed by atoms with Crippen molar-refractivity contribution in [2.45, 2.75) is 13.0 Å². The highest BCUT2D eigenvalue weighted by atomic mass is 16.6. The number of hydrogen-bond donors (Lipinski definition) is 1. The normalized spacial score (nSPS) is 16.2. The van der Waals surface area contributed by atoms with Crippen LogP contribution in [-0.4, -0.2) is 29.5 Å². The second-order valence-corrected chi connectivity index (χ2v) is 5.83. The van der Waals surface area contributed by atoms with E-state index in [-0.39, 0.29) is 25.4 Å². The SMILES string of the molecule is O=C(O)CC1CN(C(=O)OCc2ccccc2)c2ccccc2C1=O. The quantitative estimate of drug-likeness (QED) is 0.925. The van der Waals surface area contributed by atoms with Crippen molar-refractivity contribution < 1.29 is 24.2 Å². The maximum Gasteiger partial charge on any atom is 0.414 e. The smallest absolute Gasteiger partial charge is 0.414 e. The van der Waals surface area contributed by atoms with Crippen molar-refractivity contribution in [1.29, 1.82) is 0 Å². The van der Waals surface area contributed by atoms with Crippen LogP contribution in [0.2, 0.25) is 0 Å². The summed E-state index contributed by atoms with van der Waals surface area (Å²) in [6.07, 6.45) is -0.922. The van der Waals surface area contributed by atoms with Gasteiger partial charge in [-0.05, 0) is 17.7 Å². The zero-order chi connectivity index (χ0) is 17.8. The van der Waals surface area contributed by atoms with E-state index in [1.807, 2.05) is 30.3 Å². The molecule has 0 fully saturated rings. The molecule has 0 spiro atoms. The number of carboxylic acid groups (broad SMARTS) is 1. The number of Topliss-reactive ketones (excluding diaryl/α,β-unsaturated/α-hetero) is 1. The number of fused-ring (bicyclic) bond motifs is 1. The van der Waals surface area contributed by atoms with Crippen LogP contribution >= 0.6 is 0 Å². The zero-order valence-corrected chi connectivity index (χ0v) is 13.4. The molecule has 0 aromatic heterocycles. The van der Waals surface area contributed by atoms with Gasteiger partial charge >= 0.3 is 12.1 Å². The molecule has 6 nitrogen and oxygen atoms in total. The van der Waals surface area contributed by atoms with E-state index in [0.29, 0.717) is 11.3 Å². The van der Waals surface area contributed by atoms with Gasteiger partial charge < -0.3 is 9.84 Å². The Morgan fingerprint density at radius 2 is 1.76 bits per heavy atom. The van der Waals surface area contributed by atoms with Crippen LogP contribution in [0.25, 0.3) is 0 Å². The van der Waals surface area contributed by atoms with Crippen LogP contribution in [-0.2, 0) is 16.1 Å². The number of ether oxygens (including phenoxy) is 1. The lowest BCUT2D eigenvalue weighted by atomic mass is 9.89. The molecule has 128 valence electrons. The topological polar surface area (TPSA) is 83.9 Å². The number of anilines is 1. The number of nitrogens with zero attached hydrogens (tertiary/aromatic N) is 1. The Morgan fingerprint density at radius 3 is 2.48 bits per heavy atom. The highest BCUT2D eigenvalue weighted by Gasteiger charge is 2.36. The number of amides is 1. The lowest BCUT2D eigenvalue weighted by Crippen LogP contribution is -2.43. The summed E-state index contributed by atoms with van der Waals surface area (Å²) in [5.41, 5.74) is 1.64. The Balaban J connectivity index is 1.81. The lowest BCUT2D eigenvalue weighted by molar-refractivity contribution is -0.137. The highest BCUT2D eigenvalue weighted by molar-refractivity contribution is 6.09. The molecular formula is C19H17NO5. The first kappa shape index (κ1) is 16.7. The highest BCUT2D eigenvalue weighted by Crippen LogP contribution is 2.31. The molecule has 0 radical (unpaired) electrons. The van der Waals surface area contributed by atoms with Crippen LogP contribution in [0.5, 0.6) is 0 Å². The van der Waals surface area contributed by atoms with Gasteiger partial charge in [0.15, 0.2) is 5.78 Å². The molecule has 0 saturated heterocycles. The molecule has 1 N–H and O–H groups in total. The van der Waals surface area contributed by atoms with E-state index in [0.717, 1.165) is 5.56 Å². The first-order valence-corrected chi connectivity index (χ1v) is 7.89. The molecule has 0 saturated carbocycles. The van der Waals surface area contributed by atoms with Crippen LogP contribution in [0.4, 0.5) is 10.5 Å². The minimum atomic E-state index is -1.07. The third-order valence-corrected chi connectivity index (χ3v) is 4.08. The molecule has 0 bridgehead atoms. The van der Waals surface area contributed by atoms with Crippen LogP contribution < -0.4 is 4.90 Å². The van der Waals surface area contributed by atoms with Crippen molar-refractivity contribution in [2.24, 2.45) is 5.92 Å². The van der Waals surface area contributed by atoms with E-state index in [1.165, 1.54) is 4.90 Å². The molecule has 25 heavy (non-hydrogen) atoms. The van der Waals surface area contributed by atoms with Crippen molar-refractivity contribution in [2.75, 3.05) is 11.4 Å². The number of para-hydroxylation sites is 1. The van der Waals surface area contributed by atoms with Gasteiger partial charge in [-0.1, -0.05) is 42.5 Å². The number of hydrogen-bond acceptors (Lipinski definition) is 4. The number of benzene rings is 2. The average molecular weight is 339 g/mol.